The molecule has 0 aromatic heterocycles. The summed E-state index contributed by atoms with van der Waals surface area (Å²) in [6, 6.07) is 6.33. The van der Waals surface area contributed by atoms with Crippen molar-refractivity contribution in [1.82, 2.24) is 0 Å². The maximum absolute atomic E-state index is 6.11. The highest BCUT2D eigenvalue weighted by molar-refractivity contribution is 5.68. The van der Waals surface area contributed by atoms with Gasteiger partial charge in [-0.25, -0.2) is 0 Å². The number of anilines is 2. The number of methoxy groups -OCH3 is 1. The highest BCUT2D eigenvalue weighted by atomic mass is 16.5. The van der Waals surface area contributed by atoms with E-state index >= 15 is 0 Å². The molecule has 1 aromatic carbocycles. The molecule has 0 aliphatic heterocycles. The van der Waals surface area contributed by atoms with Crippen LogP contribution < -0.4 is 15.8 Å². The van der Waals surface area contributed by atoms with Crippen molar-refractivity contribution < 1.29 is 4.74 Å². The van der Waals surface area contributed by atoms with Gasteiger partial charge in [-0.2, -0.15) is 0 Å². The Labute approximate surface area is 122 Å². The van der Waals surface area contributed by atoms with E-state index < -0.39 is 0 Å². The molecule has 1 aliphatic carbocycles. The second-order valence-corrected chi connectivity index (χ2v) is 7.71. The first kappa shape index (κ1) is 15.0. The molecule has 20 heavy (non-hydrogen) atoms. The van der Waals surface area contributed by atoms with Gasteiger partial charge in [0, 0.05) is 12.1 Å². The minimum atomic E-state index is 0.376. The molecule has 2 rings (SSSR count). The second kappa shape index (κ2) is 5.19. The van der Waals surface area contributed by atoms with Gasteiger partial charge in [-0.1, -0.05) is 27.7 Å². The third kappa shape index (κ3) is 3.59. The summed E-state index contributed by atoms with van der Waals surface area (Å²) >= 11 is 0. The topological polar surface area (TPSA) is 47.3 Å². The first-order valence-corrected chi connectivity index (χ1v) is 7.41. The summed E-state index contributed by atoms with van der Waals surface area (Å²) in [7, 11) is 1.66. The van der Waals surface area contributed by atoms with Crippen molar-refractivity contribution in [3.8, 4) is 5.75 Å². The number of rotatable bonds is 3. The van der Waals surface area contributed by atoms with Crippen molar-refractivity contribution >= 4 is 11.4 Å². The van der Waals surface area contributed by atoms with Gasteiger partial charge in [-0.3, -0.25) is 0 Å². The molecule has 1 saturated carbocycles. The van der Waals surface area contributed by atoms with Crippen LogP contribution in [0.3, 0.4) is 0 Å². The fourth-order valence-corrected chi connectivity index (χ4v) is 3.97. The van der Waals surface area contributed by atoms with E-state index in [1.807, 2.05) is 18.2 Å². The first-order valence-electron chi connectivity index (χ1n) is 7.41. The molecule has 0 unspecified atom stereocenters. The molecule has 3 heteroatoms. The third-order valence-electron chi connectivity index (χ3n) is 4.17. The van der Waals surface area contributed by atoms with Crippen LogP contribution >= 0.6 is 0 Å². The van der Waals surface area contributed by atoms with Crippen LogP contribution in [-0.4, -0.2) is 13.2 Å². The van der Waals surface area contributed by atoms with E-state index in [4.69, 9.17) is 10.5 Å². The monoisotopic (exact) mass is 276 g/mol. The standard InChI is InChI=1S/C17H28N2O/c1-16(2)9-12(10-17(3,4)11-16)19-15-7-6-13(20-5)8-14(15)18/h6-8,12,19H,9-11,18H2,1-5H3. The van der Waals surface area contributed by atoms with E-state index in [1.54, 1.807) is 7.11 Å². The van der Waals surface area contributed by atoms with E-state index in [-0.39, 0.29) is 0 Å². The average Bonchev–Trinajstić information content (AvgIpc) is 2.27. The summed E-state index contributed by atoms with van der Waals surface area (Å²) in [6.07, 6.45) is 3.64. The summed E-state index contributed by atoms with van der Waals surface area (Å²) in [5, 5.41) is 3.63. The smallest absolute Gasteiger partial charge is 0.121 e. The van der Waals surface area contributed by atoms with Gasteiger partial charge in [0.25, 0.3) is 0 Å². The van der Waals surface area contributed by atoms with Crippen LogP contribution in [-0.2, 0) is 0 Å². The fraction of sp³-hybridized carbons (Fsp3) is 0.647. The Bertz CT molecular complexity index is 464. The lowest BCUT2D eigenvalue weighted by atomic mass is 9.63. The maximum atomic E-state index is 6.11. The molecule has 0 amide bonds. The van der Waals surface area contributed by atoms with E-state index in [0.29, 0.717) is 16.9 Å². The molecule has 3 N–H and O–H groups in total. The molecule has 1 aliphatic rings. The van der Waals surface area contributed by atoms with Gasteiger partial charge in [0.2, 0.25) is 0 Å². The number of nitrogens with two attached hydrogens (primary N) is 1. The van der Waals surface area contributed by atoms with Gasteiger partial charge in [0.1, 0.15) is 5.75 Å². The van der Waals surface area contributed by atoms with E-state index in [1.165, 1.54) is 19.3 Å². The van der Waals surface area contributed by atoms with Gasteiger partial charge in [0.15, 0.2) is 0 Å². The Morgan fingerprint density at radius 1 is 1.15 bits per heavy atom. The zero-order valence-corrected chi connectivity index (χ0v) is 13.4. The van der Waals surface area contributed by atoms with Crippen LogP contribution in [0, 0.1) is 10.8 Å². The van der Waals surface area contributed by atoms with Gasteiger partial charge >= 0.3 is 0 Å². The zero-order chi connectivity index (χ0) is 15.0. The van der Waals surface area contributed by atoms with Crippen molar-refractivity contribution in [2.45, 2.75) is 53.0 Å². The molecule has 0 heterocycles. The van der Waals surface area contributed by atoms with Crippen LogP contribution in [0.4, 0.5) is 11.4 Å². The Balaban J connectivity index is 2.13. The van der Waals surface area contributed by atoms with Gasteiger partial charge < -0.3 is 15.8 Å². The molecule has 1 aromatic rings. The SMILES string of the molecule is COc1ccc(NC2CC(C)(C)CC(C)(C)C2)c(N)c1. The van der Waals surface area contributed by atoms with Crippen LogP contribution in [0.15, 0.2) is 18.2 Å². The lowest BCUT2D eigenvalue weighted by Gasteiger charge is -2.45. The van der Waals surface area contributed by atoms with Crippen LogP contribution in [0.1, 0.15) is 47.0 Å². The van der Waals surface area contributed by atoms with Gasteiger partial charge in [-0.15, -0.1) is 0 Å². The zero-order valence-electron chi connectivity index (χ0n) is 13.4. The summed E-state index contributed by atoms with van der Waals surface area (Å²) in [6.45, 7) is 9.44. The van der Waals surface area contributed by atoms with Crippen LogP contribution in [0.25, 0.3) is 0 Å². The molecule has 0 atom stereocenters. The van der Waals surface area contributed by atoms with E-state index in [0.717, 1.165) is 17.1 Å². The highest BCUT2D eigenvalue weighted by Gasteiger charge is 2.38. The number of benzene rings is 1. The van der Waals surface area contributed by atoms with Crippen molar-refractivity contribution in [2.24, 2.45) is 10.8 Å². The number of nitrogens with one attached hydrogen (secondary N) is 1. The number of nitrogen functional groups attached to an aromatic ring is 1. The summed E-state index contributed by atoms with van der Waals surface area (Å²) in [4.78, 5) is 0. The maximum Gasteiger partial charge on any atom is 0.121 e. The molecular formula is C17H28N2O. The molecule has 0 bridgehead atoms. The average molecular weight is 276 g/mol. The van der Waals surface area contributed by atoms with Crippen molar-refractivity contribution in [2.75, 3.05) is 18.2 Å². The predicted molar refractivity (Wildman–Crippen MR) is 86.2 cm³/mol. The molecule has 1 fully saturated rings. The Hall–Kier alpha value is -1.38. The summed E-state index contributed by atoms with van der Waals surface area (Å²) in [5.74, 6) is 0.803. The van der Waals surface area contributed by atoms with Gasteiger partial charge in [-0.05, 0) is 42.2 Å². The quantitative estimate of drug-likeness (QED) is 0.809. The normalized spacial score (nSPS) is 21.4. The second-order valence-electron chi connectivity index (χ2n) is 7.71. The van der Waals surface area contributed by atoms with Crippen LogP contribution in [0.5, 0.6) is 5.75 Å². The van der Waals surface area contributed by atoms with Crippen molar-refractivity contribution in [1.29, 1.82) is 0 Å². The summed E-state index contributed by atoms with van der Waals surface area (Å²) in [5.41, 5.74) is 8.63. The van der Waals surface area contributed by atoms with E-state index in [9.17, 15) is 0 Å². The number of ether oxygens (including phenoxy) is 1. The fourth-order valence-electron chi connectivity index (χ4n) is 3.97. The van der Waals surface area contributed by atoms with Crippen molar-refractivity contribution in [3.63, 3.8) is 0 Å². The number of hydrogen-bond donors (Lipinski definition) is 2. The lowest BCUT2D eigenvalue weighted by molar-refractivity contribution is 0.105. The largest absolute Gasteiger partial charge is 0.497 e. The minimum Gasteiger partial charge on any atom is -0.497 e. The Morgan fingerprint density at radius 3 is 2.25 bits per heavy atom. The predicted octanol–water partition coefficient (Wildman–Crippen LogP) is 4.29. The van der Waals surface area contributed by atoms with Gasteiger partial charge in [0.05, 0.1) is 18.5 Å². The van der Waals surface area contributed by atoms with Crippen molar-refractivity contribution in [3.05, 3.63) is 18.2 Å². The minimum absolute atomic E-state index is 0.376. The first-order chi connectivity index (χ1) is 9.21. The molecule has 0 radical (unpaired) electrons. The summed E-state index contributed by atoms with van der Waals surface area (Å²) < 4.78 is 5.20. The highest BCUT2D eigenvalue weighted by Crippen LogP contribution is 2.46. The Morgan fingerprint density at radius 2 is 1.75 bits per heavy atom. The molecule has 3 nitrogen and oxygen atoms in total. The molecule has 0 saturated heterocycles. The molecular weight excluding hydrogens is 248 g/mol. The Kier molecular flexibility index (Phi) is 3.90. The third-order valence-corrected chi connectivity index (χ3v) is 4.17. The van der Waals surface area contributed by atoms with Crippen LogP contribution in [0.2, 0.25) is 0 Å². The van der Waals surface area contributed by atoms with E-state index in [2.05, 4.69) is 33.0 Å². The molecule has 0 spiro atoms. The lowest BCUT2D eigenvalue weighted by Crippen LogP contribution is -2.40. The number of hydrogen-bond acceptors (Lipinski definition) is 3. The molecule has 112 valence electrons.